The number of aromatic nitrogens is 2. The molecule has 22 heavy (non-hydrogen) atoms. The molecule has 2 rings (SSSR count). The first-order valence-corrected chi connectivity index (χ1v) is 7.20. The Hall–Kier alpha value is -1.96. The van der Waals surface area contributed by atoms with Gasteiger partial charge in [0.25, 0.3) is 0 Å². The number of nitrogens with one attached hydrogen (secondary N) is 1. The number of hydrogen-bond acceptors (Lipinski definition) is 7. The van der Waals surface area contributed by atoms with Crippen LogP contribution in [-0.4, -0.2) is 37.3 Å². The van der Waals surface area contributed by atoms with E-state index in [1.807, 2.05) is 12.1 Å². The lowest BCUT2D eigenvalue weighted by Gasteiger charge is -2.12. The van der Waals surface area contributed by atoms with Crippen molar-refractivity contribution in [1.29, 1.82) is 0 Å². The summed E-state index contributed by atoms with van der Waals surface area (Å²) in [5, 5.41) is 3.95. The molecule has 1 heterocycles. The van der Waals surface area contributed by atoms with Gasteiger partial charge >= 0.3 is 0 Å². The maximum atomic E-state index is 6.06. The van der Waals surface area contributed by atoms with Crippen molar-refractivity contribution in [2.75, 3.05) is 38.4 Å². The fraction of sp³-hybridized carbons (Fsp3) is 0.467. The molecule has 0 fully saturated rings. The third-order valence-electron chi connectivity index (χ3n) is 3.31. The lowest BCUT2D eigenvalue weighted by molar-refractivity contribution is 0.168. The predicted molar refractivity (Wildman–Crippen MR) is 87.5 cm³/mol. The van der Waals surface area contributed by atoms with E-state index in [9.17, 15) is 0 Å². The van der Waals surface area contributed by atoms with Crippen molar-refractivity contribution < 1.29 is 9.47 Å². The normalized spacial score (nSPS) is 11.0. The van der Waals surface area contributed by atoms with Crippen molar-refractivity contribution in [3.05, 3.63) is 23.3 Å². The first-order chi connectivity index (χ1) is 10.7. The zero-order chi connectivity index (χ0) is 15.9. The van der Waals surface area contributed by atoms with Crippen molar-refractivity contribution in [3.8, 4) is 0 Å². The smallest absolute Gasteiger partial charge is 0.225 e. The Morgan fingerprint density at radius 2 is 1.77 bits per heavy atom. The van der Waals surface area contributed by atoms with Crippen LogP contribution in [0.15, 0.2) is 12.1 Å². The van der Waals surface area contributed by atoms with Crippen LogP contribution in [0, 0.1) is 0 Å². The Morgan fingerprint density at radius 1 is 1.09 bits per heavy atom. The second kappa shape index (κ2) is 7.88. The van der Waals surface area contributed by atoms with E-state index in [2.05, 4.69) is 15.3 Å². The number of anilines is 2. The van der Waals surface area contributed by atoms with Crippen molar-refractivity contribution in [1.82, 2.24) is 9.97 Å². The minimum atomic E-state index is 0.446. The van der Waals surface area contributed by atoms with Gasteiger partial charge < -0.3 is 26.3 Å². The summed E-state index contributed by atoms with van der Waals surface area (Å²) in [5.74, 6) is 0.961. The minimum Gasteiger partial charge on any atom is -0.383 e. The number of nitrogen functional groups attached to an aromatic ring is 1. The zero-order valence-electron chi connectivity index (χ0n) is 13.1. The van der Waals surface area contributed by atoms with Gasteiger partial charge in [-0.15, -0.1) is 0 Å². The number of benzene rings is 1. The highest BCUT2D eigenvalue weighted by Crippen LogP contribution is 2.25. The molecule has 0 radical (unpaired) electrons. The Bertz CT molecular complexity index is 633. The molecule has 0 aliphatic carbocycles. The SMILES string of the molecule is COCc1cc2nc(NCCCN)nc(N)c2cc1COC. The number of methoxy groups -OCH3 is 2. The van der Waals surface area contributed by atoms with Crippen molar-refractivity contribution in [2.45, 2.75) is 19.6 Å². The summed E-state index contributed by atoms with van der Waals surface area (Å²) in [6, 6.07) is 3.94. The third kappa shape index (κ3) is 3.82. The van der Waals surface area contributed by atoms with Crippen LogP contribution in [-0.2, 0) is 22.7 Å². The maximum absolute atomic E-state index is 6.06. The highest BCUT2D eigenvalue weighted by atomic mass is 16.5. The average molecular weight is 305 g/mol. The Labute approximate surface area is 130 Å². The van der Waals surface area contributed by atoms with Gasteiger partial charge in [0.1, 0.15) is 5.82 Å². The molecule has 0 unspecified atom stereocenters. The maximum Gasteiger partial charge on any atom is 0.225 e. The van der Waals surface area contributed by atoms with E-state index >= 15 is 0 Å². The van der Waals surface area contributed by atoms with Gasteiger partial charge in [0.15, 0.2) is 0 Å². The van der Waals surface area contributed by atoms with E-state index in [1.54, 1.807) is 14.2 Å². The number of nitrogens with zero attached hydrogens (tertiary/aromatic N) is 2. The van der Waals surface area contributed by atoms with E-state index in [-0.39, 0.29) is 0 Å². The quantitative estimate of drug-likeness (QED) is 0.630. The first kappa shape index (κ1) is 16.4. The average Bonchev–Trinajstić information content (AvgIpc) is 2.49. The molecule has 0 atom stereocenters. The molecule has 7 nitrogen and oxygen atoms in total. The van der Waals surface area contributed by atoms with E-state index in [1.165, 1.54) is 0 Å². The molecule has 0 saturated carbocycles. The minimum absolute atomic E-state index is 0.446. The molecule has 0 amide bonds. The number of fused-ring (bicyclic) bond motifs is 1. The van der Waals surface area contributed by atoms with Crippen LogP contribution in [0.4, 0.5) is 11.8 Å². The van der Waals surface area contributed by atoms with Crippen LogP contribution >= 0.6 is 0 Å². The van der Waals surface area contributed by atoms with Crippen LogP contribution < -0.4 is 16.8 Å². The molecule has 120 valence electrons. The summed E-state index contributed by atoms with van der Waals surface area (Å²) in [4.78, 5) is 8.81. The number of nitrogens with two attached hydrogens (primary N) is 2. The highest BCUT2D eigenvalue weighted by Gasteiger charge is 2.10. The fourth-order valence-electron chi connectivity index (χ4n) is 2.25. The second-order valence-corrected chi connectivity index (χ2v) is 5.01. The topological polar surface area (TPSA) is 108 Å². The van der Waals surface area contributed by atoms with Crippen LogP contribution in [0.3, 0.4) is 0 Å². The molecular formula is C15H23N5O2. The monoisotopic (exact) mass is 305 g/mol. The summed E-state index contributed by atoms with van der Waals surface area (Å²) in [6.07, 6.45) is 0.850. The Kier molecular flexibility index (Phi) is 5.88. The number of hydrogen-bond donors (Lipinski definition) is 3. The second-order valence-electron chi connectivity index (χ2n) is 5.01. The Balaban J connectivity index is 2.41. The summed E-state index contributed by atoms with van der Waals surface area (Å²) >= 11 is 0. The van der Waals surface area contributed by atoms with Gasteiger partial charge in [-0.3, -0.25) is 0 Å². The zero-order valence-corrected chi connectivity index (χ0v) is 13.1. The molecule has 7 heteroatoms. The van der Waals surface area contributed by atoms with Gasteiger partial charge in [-0.25, -0.2) is 4.98 Å². The van der Waals surface area contributed by atoms with Crippen LogP contribution in [0.25, 0.3) is 10.9 Å². The Morgan fingerprint density at radius 3 is 2.41 bits per heavy atom. The molecule has 0 aliphatic rings. The fourth-order valence-corrected chi connectivity index (χ4v) is 2.25. The van der Waals surface area contributed by atoms with E-state index in [0.29, 0.717) is 38.1 Å². The van der Waals surface area contributed by atoms with Crippen LogP contribution in [0.5, 0.6) is 0 Å². The molecule has 5 N–H and O–H groups in total. The molecule has 0 aliphatic heterocycles. The summed E-state index contributed by atoms with van der Waals surface area (Å²) < 4.78 is 10.5. The number of rotatable bonds is 8. The standard InChI is InChI=1S/C15H23N5O2/c1-21-8-10-6-12-13(7-11(10)9-22-2)19-15(20-14(12)17)18-5-3-4-16/h6-7H,3-5,8-9,16H2,1-2H3,(H3,17,18,19,20). The highest BCUT2D eigenvalue weighted by molar-refractivity contribution is 5.90. The van der Waals surface area contributed by atoms with Gasteiger partial charge in [0.2, 0.25) is 5.95 Å². The van der Waals surface area contributed by atoms with Gasteiger partial charge in [0.05, 0.1) is 18.7 Å². The van der Waals surface area contributed by atoms with Gasteiger partial charge in [-0.2, -0.15) is 4.98 Å². The molecule has 0 saturated heterocycles. The lowest BCUT2D eigenvalue weighted by Crippen LogP contribution is -2.11. The van der Waals surface area contributed by atoms with Gasteiger partial charge in [0, 0.05) is 26.2 Å². The third-order valence-corrected chi connectivity index (χ3v) is 3.31. The van der Waals surface area contributed by atoms with Crippen LogP contribution in [0.2, 0.25) is 0 Å². The molecule has 2 aromatic rings. The molecule has 1 aromatic carbocycles. The molecule has 0 bridgehead atoms. The van der Waals surface area contributed by atoms with Crippen LogP contribution in [0.1, 0.15) is 17.5 Å². The van der Waals surface area contributed by atoms with E-state index in [4.69, 9.17) is 20.9 Å². The van der Waals surface area contributed by atoms with Crippen molar-refractivity contribution in [3.63, 3.8) is 0 Å². The molecular weight excluding hydrogens is 282 g/mol. The van der Waals surface area contributed by atoms with E-state index in [0.717, 1.165) is 28.5 Å². The summed E-state index contributed by atoms with van der Waals surface area (Å²) in [5.41, 5.74) is 14.4. The lowest BCUT2D eigenvalue weighted by atomic mass is 10.0. The summed E-state index contributed by atoms with van der Waals surface area (Å²) in [7, 11) is 3.32. The van der Waals surface area contributed by atoms with Gasteiger partial charge in [-0.05, 0) is 36.2 Å². The number of ether oxygens (including phenoxy) is 2. The molecule has 0 spiro atoms. The van der Waals surface area contributed by atoms with Crippen molar-refractivity contribution in [2.24, 2.45) is 5.73 Å². The van der Waals surface area contributed by atoms with E-state index < -0.39 is 0 Å². The first-order valence-electron chi connectivity index (χ1n) is 7.20. The predicted octanol–water partition coefficient (Wildman–Crippen LogP) is 1.27. The van der Waals surface area contributed by atoms with Gasteiger partial charge in [-0.1, -0.05) is 0 Å². The van der Waals surface area contributed by atoms with Crippen molar-refractivity contribution >= 4 is 22.7 Å². The molecule has 1 aromatic heterocycles. The summed E-state index contributed by atoms with van der Waals surface area (Å²) in [6.45, 7) is 2.32. The largest absolute Gasteiger partial charge is 0.383 e.